The van der Waals surface area contributed by atoms with Gasteiger partial charge in [0.2, 0.25) is 0 Å². The maximum atomic E-state index is 14.6. The quantitative estimate of drug-likeness (QED) is 0.235. The average molecular weight is 551 g/mol. The van der Waals surface area contributed by atoms with Crippen molar-refractivity contribution in [1.82, 2.24) is 44.9 Å². The van der Waals surface area contributed by atoms with Crippen LogP contribution in [0.5, 0.6) is 0 Å². The molecule has 0 amide bonds. The number of aromatic amines is 2. The van der Waals surface area contributed by atoms with Crippen molar-refractivity contribution < 1.29 is 4.39 Å². The van der Waals surface area contributed by atoms with Crippen LogP contribution in [-0.4, -0.2) is 86.2 Å². The summed E-state index contributed by atoms with van der Waals surface area (Å²) in [5, 5.41) is 11.6. The topological polar surface area (TPSA) is 115 Å². The highest BCUT2D eigenvalue weighted by atomic mass is 19.1. The first-order valence-corrected chi connectivity index (χ1v) is 13.3. The lowest BCUT2D eigenvalue weighted by Crippen LogP contribution is -2.20. The second kappa shape index (κ2) is 11.0. The van der Waals surface area contributed by atoms with E-state index in [4.69, 9.17) is 4.98 Å². The highest BCUT2D eigenvalue weighted by Gasteiger charge is 2.17. The van der Waals surface area contributed by atoms with Gasteiger partial charge in [-0.15, -0.1) is 0 Å². The van der Waals surface area contributed by atoms with Gasteiger partial charge in [0.15, 0.2) is 11.5 Å². The first kappa shape index (κ1) is 26.5. The number of anilines is 1. The Morgan fingerprint density at radius 2 is 1.68 bits per heavy atom. The SMILES string of the molecule is CN(C)CCNc1cc(F)cc(-c2cncc3[nH]c(-c4[nH]nc5ncc(-c6cncc(CN(C)C)c6)cc45)nc23)c1. The molecule has 3 N–H and O–H groups in total. The van der Waals surface area contributed by atoms with Crippen molar-refractivity contribution in [3.63, 3.8) is 0 Å². The molecule has 0 fully saturated rings. The van der Waals surface area contributed by atoms with Crippen molar-refractivity contribution in [2.45, 2.75) is 6.54 Å². The second-order valence-corrected chi connectivity index (χ2v) is 10.6. The van der Waals surface area contributed by atoms with E-state index in [1.807, 2.05) is 52.7 Å². The lowest BCUT2D eigenvalue weighted by molar-refractivity contribution is 0.402. The molecule has 1 aromatic carbocycles. The minimum Gasteiger partial charge on any atom is -0.384 e. The standard InChI is InChI=1S/C30H31FN10/c1-40(2)6-5-34-23-9-19(8-22(31)11-23)25-15-33-16-26-27(25)37-30(36-26)28-24-10-21(14-35-29(24)39-38-28)20-7-18(12-32-13-20)17-41(3)4/h7-16,34H,5-6,17H2,1-4H3,(H,36,37)(H,35,38,39). The summed E-state index contributed by atoms with van der Waals surface area (Å²) in [6.07, 6.45) is 8.95. The highest BCUT2D eigenvalue weighted by Crippen LogP contribution is 2.33. The number of nitrogens with zero attached hydrogens (tertiary/aromatic N) is 7. The van der Waals surface area contributed by atoms with Crippen LogP contribution >= 0.6 is 0 Å². The zero-order chi connectivity index (χ0) is 28.5. The van der Waals surface area contributed by atoms with E-state index in [-0.39, 0.29) is 5.82 Å². The fourth-order valence-corrected chi connectivity index (χ4v) is 4.87. The lowest BCUT2D eigenvalue weighted by Gasteiger charge is -2.12. The minimum atomic E-state index is -0.329. The Kier molecular flexibility index (Phi) is 7.12. The Hall–Kier alpha value is -4.74. The van der Waals surface area contributed by atoms with E-state index < -0.39 is 0 Å². The van der Waals surface area contributed by atoms with Crippen molar-refractivity contribution in [1.29, 1.82) is 0 Å². The Morgan fingerprint density at radius 3 is 2.51 bits per heavy atom. The smallest absolute Gasteiger partial charge is 0.181 e. The van der Waals surface area contributed by atoms with E-state index in [0.29, 0.717) is 40.5 Å². The predicted octanol–water partition coefficient (Wildman–Crippen LogP) is 4.80. The number of pyridine rings is 3. The molecule has 0 bridgehead atoms. The van der Waals surface area contributed by atoms with Gasteiger partial charge in [-0.1, -0.05) is 0 Å². The van der Waals surface area contributed by atoms with Gasteiger partial charge in [-0.2, -0.15) is 5.10 Å². The number of imidazole rings is 1. The Bertz CT molecular complexity index is 1840. The van der Waals surface area contributed by atoms with Gasteiger partial charge < -0.3 is 20.1 Å². The molecule has 0 saturated carbocycles. The summed E-state index contributed by atoms with van der Waals surface area (Å²) in [6.45, 7) is 2.32. The Labute approximate surface area is 236 Å². The van der Waals surface area contributed by atoms with Crippen LogP contribution < -0.4 is 5.32 Å². The zero-order valence-corrected chi connectivity index (χ0v) is 23.4. The van der Waals surface area contributed by atoms with Crippen molar-refractivity contribution >= 4 is 27.8 Å². The maximum Gasteiger partial charge on any atom is 0.181 e. The normalized spacial score (nSPS) is 11.8. The van der Waals surface area contributed by atoms with Crippen LogP contribution in [0.1, 0.15) is 5.56 Å². The highest BCUT2D eigenvalue weighted by molar-refractivity contribution is 5.97. The summed E-state index contributed by atoms with van der Waals surface area (Å²) in [5.74, 6) is 0.265. The number of aromatic nitrogens is 7. The summed E-state index contributed by atoms with van der Waals surface area (Å²) in [7, 11) is 8.06. The van der Waals surface area contributed by atoms with E-state index >= 15 is 0 Å². The molecule has 0 saturated heterocycles. The number of likely N-dealkylation sites (N-methyl/N-ethyl adjacent to an activating group) is 1. The number of rotatable bonds is 9. The first-order chi connectivity index (χ1) is 19.8. The molecule has 0 spiro atoms. The minimum absolute atomic E-state index is 0.329. The molecule has 41 heavy (non-hydrogen) atoms. The van der Waals surface area contributed by atoms with E-state index in [1.165, 1.54) is 12.1 Å². The van der Waals surface area contributed by atoms with Gasteiger partial charge in [0.1, 0.15) is 11.5 Å². The Balaban J connectivity index is 1.37. The largest absolute Gasteiger partial charge is 0.384 e. The molecule has 6 aromatic rings. The third-order valence-corrected chi connectivity index (χ3v) is 6.76. The number of H-pyrrole nitrogens is 2. The number of fused-ring (bicyclic) bond motifs is 2. The van der Waals surface area contributed by atoms with Crippen LogP contribution in [0.4, 0.5) is 10.1 Å². The van der Waals surface area contributed by atoms with Gasteiger partial charge in [0, 0.05) is 66.8 Å². The predicted molar refractivity (Wildman–Crippen MR) is 160 cm³/mol. The monoisotopic (exact) mass is 550 g/mol. The fraction of sp³-hybridized carbons (Fsp3) is 0.233. The zero-order valence-electron chi connectivity index (χ0n) is 23.4. The molecule has 0 aliphatic carbocycles. The summed E-state index contributed by atoms with van der Waals surface area (Å²) < 4.78 is 14.6. The number of hydrogen-bond donors (Lipinski definition) is 3. The van der Waals surface area contributed by atoms with E-state index in [0.717, 1.165) is 46.2 Å². The van der Waals surface area contributed by atoms with Crippen LogP contribution in [0.2, 0.25) is 0 Å². The molecular formula is C30H31FN10. The molecule has 0 aliphatic heterocycles. The van der Waals surface area contributed by atoms with Crippen LogP contribution in [0.3, 0.4) is 0 Å². The number of hydrogen-bond acceptors (Lipinski definition) is 8. The molecule has 0 aliphatic rings. The molecule has 208 valence electrons. The number of benzene rings is 1. The molecule has 0 atom stereocenters. The van der Waals surface area contributed by atoms with E-state index in [2.05, 4.69) is 51.3 Å². The van der Waals surface area contributed by atoms with Gasteiger partial charge in [-0.3, -0.25) is 15.1 Å². The molecule has 0 unspecified atom stereocenters. The summed E-state index contributed by atoms with van der Waals surface area (Å²) >= 11 is 0. The fourth-order valence-electron chi connectivity index (χ4n) is 4.87. The molecular weight excluding hydrogens is 519 g/mol. The maximum absolute atomic E-state index is 14.6. The van der Waals surface area contributed by atoms with Gasteiger partial charge in [0.05, 0.1) is 22.6 Å². The van der Waals surface area contributed by atoms with Crippen molar-refractivity contribution in [2.24, 2.45) is 0 Å². The molecule has 0 radical (unpaired) electrons. The molecule has 5 heterocycles. The van der Waals surface area contributed by atoms with Crippen molar-refractivity contribution in [3.8, 4) is 33.8 Å². The van der Waals surface area contributed by atoms with E-state index in [9.17, 15) is 4.39 Å². The third-order valence-electron chi connectivity index (χ3n) is 6.76. The molecule has 10 nitrogen and oxygen atoms in total. The van der Waals surface area contributed by atoms with E-state index in [1.54, 1.807) is 18.6 Å². The van der Waals surface area contributed by atoms with Gasteiger partial charge in [-0.05, 0) is 69.6 Å². The average Bonchev–Trinajstić information content (AvgIpc) is 3.56. The second-order valence-electron chi connectivity index (χ2n) is 10.6. The summed E-state index contributed by atoms with van der Waals surface area (Å²) in [5.41, 5.74) is 7.86. The van der Waals surface area contributed by atoms with Crippen LogP contribution in [0.25, 0.3) is 55.8 Å². The number of halogens is 1. The van der Waals surface area contributed by atoms with Gasteiger partial charge in [0.25, 0.3) is 0 Å². The van der Waals surface area contributed by atoms with Crippen molar-refractivity contribution in [3.05, 3.63) is 72.7 Å². The van der Waals surface area contributed by atoms with Gasteiger partial charge in [-0.25, -0.2) is 14.4 Å². The molecule has 5 aromatic heterocycles. The summed E-state index contributed by atoms with van der Waals surface area (Å²) in [4.78, 5) is 25.9. The molecule has 6 rings (SSSR count). The van der Waals surface area contributed by atoms with Crippen LogP contribution in [0, 0.1) is 5.82 Å². The molecule has 11 heteroatoms. The van der Waals surface area contributed by atoms with Crippen LogP contribution in [0.15, 0.2) is 61.3 Å². The first-order valence-electron chi connectivity index (χ1n) is 13.3. The summed E-state index contributed by atoms with van der Waals surface area (Å²) in [6, 6.07) is 9.08. The Morgan fingerprint density at radius 1 is 0.854 bits per heavy atom. The third kappa shape index (κ3) is 5.63. The number of nitrogens with one attached hydrogen (secondary N) is 3. The van der Waals surface area contributed by atoms with Crippen LogP contribution in [-0.2, 0) is 6.54 Å². The van der Waals surface area contributed by atoms with Gasteiger partial charge >= 0.3 is 0 Å². The lowest BCUT2D eigenvalue weighted by atomic mass is 10.1. The van der Waals surface area contributed by atoms with Crippen molar-refractivity contribution in [2.75, 3.05) is 46.6 Å².